The number of piperidine rings is 1. The molecule has 2 rings (SSSR count). The summed E-state index contributed by atoms with van der Waals surface area (Å²) in [5.74, 6) is 0.896. The van der Waals surface area contributed by atoms with Gasteiger partial charge in [0.2, 0.25) is 0 Å². The normalized spacial score (nSPS) is 21.1. The van der Waals surface area contributed by atoms with Gasteiger partial charge in [-0.15, -0.1) is 0 Å². The van der Waals surface area contributed by atoms with Crippen molar-refractivity contribution in [1.82, 2.24) is 10.2 Å². The molecule has 1 heterocycles. The van der Waals surface area contributed by atoms with E-state index < -0.39 is 0 Å². The molecule has 20 heavy (non-hydrogen) atoms. The molecule has 0 radical (unpaired) electrons. The molecule has 0 amide bonds. The molecule has 1 saturated heterocycles. The van der Waals surface area contributed by atoms with Gasteiger partial charge in [-0.3, -0.25) is 4.90 Å². The molecular formula is C17H32N2O. The summed E-state index contributed by atoms with van der Waals surface area (Å²) in [6.07, 6.45) is 8.86. The first kappa shape index (κ1) is 16.0. The summed E-state index contributed by atoms with van der Waals surface area (Å²) in [6, 6.07) is 0.724. The van der Waals surface area contributed by atoms with E-state index in [1.54, 1.807) is 0 Å². The lowest BCUT2D eigenvalue weighted by Gasteiger charge is -2.31. The first-order valence-electron chi connectivity index (χ1n) is 8.41. The third-order valence-corrected chi connectivity index (χ3v) is 4.29. The first-order chi connectivity index (χ1) is 9.74. The predicted molar refractivity (Wildman–Crippen MR) is 85.1 cm³/mol. The fraction of sp³-hybridized carbons (Fsp3) is 0.882. The van der Waals surface area contributed by atoms with Gasteiger partial charge in [-0.05, 0) is 71.5 Å². The van der Waals surface area contributed by atoms with Crippen LogP contribution in [0.5, 0.6) is 0 Å². The van der Waals surface area contributed by atoms with E-state index in [2.05, 4.69) is 30.1 Å². The Bertz CT molecular complexity index is 287. The predicted octanol–water partition coefficient (Wildman–Crippen LogP) is 2.82. The van der Waals surface area contributed by atoms with E-state index >= 15 is 0 Å². The molecule has 0 bridgehead atoms. The molecule has 1 aliphatic heterocycles. The Labute approximate surface area is 124 Å². The minimum absolute atomic E-state index is 0.724. The lowest BCUT2D eigenvalue weighted by molar-refractivity contribution is 0.120. The number of likely N-dealkylation sites (tertiary alicyclic amines) is 1. The van der Waals surface area contributed by atoms with Crippen molar-refractivity contribution < 1.29 is 4.74 Å². The molecular weight excluding hydrogens is 248 g/mol. The fourth-order valence-electron chi connectivity index (χ4n) is 2.65. The van der Waals surface area contributed by atoms with Gasteiger partial charge in [-0.25, -0.2) is 0 Å². The summed E-state index contributed by atoms with van der Waals surface area (Å²) in [7, 11) is 0. The third kappa shape index (κ3) is 6.87. The molecule has 116 valence electrons. The molecule has 0 spiro atoms. The van der Waals surface area contributed by atoms with Crippen LogP contribution in [0.4, 0.5) is 0 Å². The summed E-state index contributed by atoms with van der Waals surface area (Å²) in [5.41, 5.74) is 1.43. The van der Waals surface area contributed by atoms with Crippen LogP contribution in [0, 0.1) is 5.92 Å². The van der Waals surface area contributed by atoms with Crippen LogP contribution in [0.2, 0.25) is 0 Å². The topological polar surface area (TPSA) is 24.5 Å². The smallest absolute Gasteiger partial charge is 0.0494 e. The fourth-order valence-corrected chi connectivity index (χ4v) is 2.65. The first-order valence-corrected chi connectivity index (χ1v) is 8.41. The quantitative estimate of drug-likeness (QED) is 0.519. The monoisotopic (exact) mass is 280 g/mol. The Kier molecular flexibility index (Phi) is 7.05. The zero-order valence-corrected chi connectivity index (χ0v) is 13.4. The van der Waals surface area contributed by atoms with E-state index in [0.717, 1.165) is 44.7 Å². The zero-order valence-electron chi connectivity index (χ0n) is 13.4. The van der Waals surface area contributed by atoms with Gasteiger partial charge in [0.05, 0.1) is 0 Å². The highest BCUT2D eigenvalue weighted by atomic mass is 16.5. The second-order valence-electron chi connectivity index (χ2n) is 6.68. The second-order valence-corrected chi connectivity index (χ2v) is 6.68. The molecule has 0 aromatic carbocycles. The van der Waals surface area contributed by atoms with Crippen LogP contribution in [-0.2, 0) is 4.74 Å². The lowest BCUT2D eigenvalue weighted by atomic mass is 10.0. The standard InChI is InChI=1S/C17H32N2O/c1-15(2)6-10-19-11-7-17(8-12-19)18-9-3-13-20-14-16-4-5-16/h6,16-18H,3-5,7-14H2,1-2H3. The van der Waals surface area contributed by atoms with Crippen LogP contribution < -0.4 is 5.32 Å². The van der Waals surface area contributed by atoms with E-state index in [0.29, 0.717) is 0 Å². The Morgan fingerprint density at radius 1 is 1.20 bits per heavy atom. The summed E-state index contributed by atoms with van der Waals surface area (Å²) in [6.45, 7) is 11.0. The molecule has 0 unspecified atom stereocenters. The van der Waals surface area contributed by atoms with Crippen molar-refractivity contribution in [3.8, 4) is 0 Å². The molecule has 2 fully saturated rings. The van der Waals surface area contributed by atoms with Gasteiger partial charge in [0.15, 0.2) is 0 Å². The lowest BCUT2D eigenvalue weighted by Crippen LogP contribution is -2.42. The maximum atomic E-state index is 5.66. The van der Waals surface area contributed by atoms with Crippen molar-refractivity contribution >= 4 is 0 Å². The minimum Gasteiger partial charge on any atom is -0.381 e. The van der Waals surface area contributed by atoms with Gasteiger partial charge in [0, 0.05) is 25.8 Å². The van der Waals surface area contributed by atoms with Crippen molar-refractivity contribution in [3.05, 3.63) is 11.6 Å². The average Bonchev–Trinajstić information content (AvgIpc) is 3.26. The molecule has 3 nitrogen and oxygen atoms in total. The van der Waals surface area contributed by atoms with Crippen molar-refractivity contribution in [3.63, 3.8) is 0 Å². The summed E-state index contributed by atoms with van der Waals surface area (Å²) in [4.78, 5) is 2.56. The minimum atomic E-state index is 0.724. The Morgan fingerprint density at radius 3 is 2.60 bits per heavy atom. The van der Waals surface area contributed by atoms with Crippen LogP contribution >= 0.6 is 0 Å². The molecule has 2 aliphatic rings. The van der Waals surface area contributed by atoms with Gasteiger partial charge < -0.3 is 10.1 Å². The summed E-state index contributed by atoms with van der Waals surface area (Å²) < 4.78 is 5.66. The molecule has 3 heteroatoms. The highest BCUT2D eigenvalue weighted by Gasteiger charge is 2.21. The van der Waals surface area contributed by atoms with Crippen molar-refractivity contribution in [2.75, 3.05) is 39.4 Å². The van der Waals surface area contributed by atoms with Gasteiger partial charge in [0.1, 0.15) is 0 Å². The maximum absolute atomic E-state index is 5.66. The Morgan fingerprint density at radius 2 is 1.95 bits per heavy atom. The molecule has 1 N–H and O–H groups in total. The molecule has 1 aliphatic carbocycles. The van der Waals surface area contributed by atoms with Crippen molar-refractivity contribution in [1.29, 1.82) is 0 Å². The van der Waals surface area contributed by atoms with Gasteiger partial charge >= 0.3 is 0 Å². The van der Waals surface area contributed by atoms with Crippen LogP contribution in [0.3, 0.4) is 0 Å². The summed E-state index contributed by atoms with van der Waals surface area (Å²) >= 11 is 0. The highest BCUT2D eigenvalue weighted by Crippen LogP contribution is 2.28. The van der Waals surface area contributed by atoms with E-state index in [1.807, 2.05) is 0 Å². The molecule has 1 saturated carbocycles. The van der Waals surface area contributed by atoms with Gasteiger partial charge in [0.25, 0.3) is 0 Å². The van der Waals surface area contributed by atoms with Crippen LogP contribution in [0.1, 0.15) is 46.0 Å². The average molecular weight is 280 g/mol. The number of ether oxygens (including phenoxy) is 1. The van der Waals surface area contributed by atoms with Gasteiger partial charge in [-0.2, -0.15) is 0 Å². The van der Waals surface area contributed by atoms with E-state index in [9.17, 15) is 0 Å². The number of hydrogen-bond donors (Lipinski definition) is 1. The number of rotatable bonds is 9. The van der Waals surface area contributed by atoms with Crippen LogP contribution in [0.15, 0.2) is 11.6 Å². The van der Waals surface area contributed by atoms with Crippen LogP contribution in [0.25, 0.3) is 0 Å². The molecule has 0 aromatic rings. The van der Waals surface area contributed by atoms with E-state index in [1.165, 1.54) is 44.3 Å². The molecule has 0 atom stereocenters. The number of hydrogen-bond acceptors (Lipinski definition) is 3. The van der Waals surface area contributed by atoms with Crippen LogP contribution in [-0.4, -0.2) is 50.3 Å². The Balaban J connectivity index is 1.43. The maximum Gasteiger partial charge on any atom is 0.0494 e. The Hall–Kier alpha value is -0.380. The highest BCUT2D eigenvalue weighted by molar-refractivity contribution is 4.95. The largest absolute Gasteiger partial charge is 0.381 e. The zero-order chi connectivity index (χ0) is 14.2. The summed E-state index contributed by atoms with van der Waals surface area (Å²) in [5, 5.41) is 3.69. The van der Waals surface area contributed by atoms with Crippen molar-refractivity contribution in [2.24, 2.45) is 5.92 Å². The van der Waals surface area contributed by atoms with E-state index in [4.69, 9.17) is 4.74 Å². The van der Waals surface area contributed by atoms with Gasteiger partial charge in [-0.1, -0.05) is 11.6 Å². The SMILES string of the molecule is CC(C)=CCN1CCC(NCCCOCC2CC2)CC1. The van der Waals surface area contributed by atoms with E-state index in [-0.39, 0.29) is 0 Å². The third-order valence-electron chi connectivity index (χ3n) is 4.29. The number of nitrogens with one attached hydrogen (secondary N) is 1. The number of allylic oxidation sites excluding steroid dienone is 1. The second kappa shape index (κ2) is 8.81. The number of nitrogens with zero attached hydrogens (tertiary/aromatic N) is 1. The molecule has 0 aromatic heterocycles. The van der Waals surface area contributed by atoms with Crippen molar-refractivity contribution in [2.45, 2.75) is 52.0 Å².